The predicted octanol–water partition coefficient (Wildman–Crippen LogP) is 3.17. The van der Waals surface area contributed by atoms with Gasteiger partial charge in [0.05, 0.1) is 30.5 Å². The number of hydrogen-bond donors (Lipinski definition) is 1. The monoisotopic (exact) mass is 435 g/mol. The number of ether oxygens (including phenoxy) is 2. The fraction of sp³-hybridized carbons (Fsp3) is 0.550. The van der Waals surface area contributed by atoms with Crippen molar-refractivity contribution < 1.29 is 27.8 Å². The van der Waals surface area contributed by atoms with E-state index in [9.17, 15) is 18.4 Å². The van der Waals surface area contributed by atoms with Gasteiger partial charge in [-0.1, -0.05) is 0 Å². The van der Waals surface area contributed by atoms with Crippen LogP contribution in [0.15, 0.2) is 18.3 Å². The summed E-state index contributed by atoms with van der Waals surface area (Å²) in [6, 6.07) is 3.26. The van der Waals surface area contributed by atoms with Crippen molar-refractivity contribution in [1.29, 1.82) is 0 Å². The maximum Gasteiger partial charge on any atom is 0.413 e. The third-order valence-corrected chi connectivity index (χ3v) is 5.35. The van der Waals surface area contributed by atoms with Crippen LogP contribution in [0.1, 0.15) is 49.4 Å². The molecule has 2 aromatic rings. The summed E-state index contributed by atoms with van der Waals surface area (Å²) in [5.41, 5.74) is 1.14. The molecule has 1 unspecified atom stereocenters. The van der Waals surface area contributed by atoms with Crippen molar-refractivity contribution >= 4 is 17.7 Å². The summed E-state index contributed by atoms with van der Waals surface area (Å²) in [6.45, 7) is 2.36. The number of carbonyl (C=O) groups excluding carboxylic acids is 2. The third kappa shape index (κ3) is 5.22. The second-order valence-corrected chi connectivity index (χ2v) is 7.81. The molecule has 166 valence electrons. The second kappa shape index (κ2) is 8.66. The molecule has 1 aliphatic heterocycles. The van der Waals surface area contributed by atoms with Crippen molar-refractivity contribution in [3.8, 4) is 5.95 Å². The van der Waals surface area contributed by atoms with E-state index in [-0.39, 0.29) is 56.3 Å². The highest BCUT2D eigenvalue weighted by Crippen LogP contribution is 2.34. The lowest BCUT2D eigenvalue weighted by atomic mass is 9.94. The number of anilines is 1. The Hall–Kier alpha value is -2.95. The lowest BCUT2D eigenvalue weighted by molar-refractivity contribution is -0.126. The number of halogens is 2. The number of Topliss-reactive ketones (excluding diaryl/α,β-unsaturated/α-hetero) is 1. The van der Waals surface area contributed by atoms with Crippen LogP contribution in [0.4, 0.5) is 19.4 Å². The maximum absolute atomic E-state index is 13.3. The highest BCUT2D eigenvalue weighted by atomic mass is 19.3. The van der Waals surface area contributed by atoms with E-state index in [1.54, 1.807) is 12.3 Å². The van der Waals surface area contributed by atoms with Gasteiger partial charge in [-0.2, -0.15) is 10.1 Å². The van der Waals surface area contributed by atoms with Gasteiger partial charge in [0.2, 0.25) is 5.92 Å². The Balaban J connectivity index is 1.53. The Kier molecular flexibility index (Phi) is 5.94. The van der Waals surface area contributed by atoms with Crippen LogP contribution in [0, 0.1) is 6.92 Å². The van der Waals surface area contributed by atoms with Gasteiger partial charge in [0.25, 0.3) is 5.95 Å². The lowest BCUT2D eigenvalue weighted by Gasteiger charge is -2.27. The molecule has 2 aliphatic rings. The van der Waals surface area contributed by atoms with Crippen LogP contribution in [0.2, 0.25) is 0 Å². The number of amides is 1. The molecule has 9 nitrogen and oxygen atoms in total. The SMILES string of the molecule is Cc1ccn(-c2nc(NC(=O)OC3CCC(F)(F)CC3)cc(C3COCCC3=O)n2)n1. The number of ketones is 1. The fourth-order valence-corrected chi connectivity index (χ4v) is 3.63. The largest absolute Gasteiger partial charge is 0.446 e. The number of aryl methyl sites for hydroxylation is 1. The zero-order chi connectivity index (χ0) is 22.0. The topological polar surface area (TPSA) is 108 Å². The summed E-state index contributed by atoms with van der Waals surface area (Å²) in [5, 5.41) is 6.80. The van der Waals surface area contributed by atoms with Crippen LogP contribution in [-0.2, 0) is 14.3 Å². The molecule has 1 atom stereocenters. The number of rotatable bonds is 4. The first-order valence-corrected chi connectivity index (χ1v) is 10.2. The van der Waals surface area contributed by atoms with E-state index in [4.69, 9.17) is 9.47 Å². The van der Waals surface area contributed by atoms with Crippen LogP contribution in [0.5, 0.6) is 0 Å². The van der Waals surface area contributed by atoms with Gasteiger partial charge in [-0.25, -0.2) is 23.2 Å². The molecule has 4 rings (SSSR count). The van der Waals surface area contributed by atoms with Crippen LogP contribution in [0.25, 0.3) is 5.95 Å². The molecule has 31 heavy (non-hydrogen) atoms. The average Bonchev–Trinajstić information content (AvgIpc) is 3.16. The number of nitrogens with zero attached hydrogens (tertiary/aromatic N) is 4. The van der Waals surface area contributed by atoms with E-state index < -0.39 is 24.0 Å². The van der Waals surface area contributed by atoms with Crippen LogP contribution in [0.3, 0.4) is 0 Å². The summed E-state index contributed by atoms with van der Waals surface area (Å²) in [5.74, 6) is -2.99. The van der Waals surface area contributed by atoms with E-state index in [2.05, 4.69) is 20.4 Å². The molecule has 11 heteroatoms. The molecule has 1 aliphatic carbocycles. The average molecular weight is 435 g/mol. The normalized spacial score (nSPS) is 21.6. The van der Waals surface area contributed by atoms with Gasteiger partial charge in [0.1, 0.15) is 17.7 Å². The summed E-state index contributed by atoms with van der Waals surface area (Å²) >= 11 is 0. The summed E-state index contributed by atoms with van der Waals surface area (Å²) in [4.78, 5) is 33.5. The summed E-state index contributed by atoms with van der Waals surface area (Å²) in [6.07, 6.45) is 0.142. The minimum absolute atomic E-state index is 0.00999. The van der Waals surface area contributed by atoms with Crippen molar-refractivity contribution in [3.05, 3.63) is 29.7 Å². The lowest BCUT2D eigenvalue weighted by Crippen LogP contribution is -2.32. The molecular formula is C20H23F2N5O4. The van der Waals surface area contributed by atoms with Gasteiger partial charge in [0, 0.05) is 31.5 Å². The molecule has 0 spiro atoms. The van der Waals surface area contributed by atoms with Gasteiger partial charge < -0.3 is 9.47 Å². The Morgan fingerprint density at radius 3 is 2.77 bits per heavy atom. The zero-order valence-electron chi connectivity index (χ0n) is 17.0. The number of carbonyl (C=O) groups is 2. The number of nitrogens with one attached hydrogen (secondary N) is 1. The highest BCUT2D eigenvalue weighted by Gasteiger charge is 2.36. The number of aromatic nitrogens is 4. The number of hydrogen-bond acceptors (Lipinski definition) is 7. The summed E-state index contributed by atoms with van der Waals surface area (Å²) in [7, 11) is 0. The van der Waals surface area contributed by atoms with E-state index in [1.807, 2.05) is 6.92 Å². The Bertz CT molecular complexity index is 970. The first kappa shape index (κ1) is 21.3. The Morgan fingerprint density at radius 1 is 1.32 bits per heavy atom. The van der Waals surface area contributed by atoms with Gasteiger partial charge in [-0.05, 0) is 25.8 Å². The first-order valence-electron chi connectivity index (χ1n) is 10.2. The maximum atomic E-state index is 13.3. The van der Waals surface area contributed by atoms with Crippen molar-refractivity contribution in [2.45, 2.75) is 57.0 Å². The van der Waals surface area contributed by atoms with Gasteiger partial charge in [0.15, 0.2) is 0 Å². The van der Waals surface area contributed by atoms with E-state index in [1.165, 1.54) is 10.7 Å². The quantitative estimate of drug-likeness (QED) is 0.786. The predicted molar refractivity (Wildman–Crippen MR) is 104 cm³/mol. The molecule has 3 heterocycles. The third-order valence-electron chi connectivity index (χ3n) is 5.35. The fourth-order valence-electron chi connectivity index (χ4n) is 3.63. The van der Waals surface area contributed by atoms with Crippen LogP contribution < -0.4 is 5.32 Å². The molecule has 2 fully saturated rings. The van der Waals surface area contributed by atoms with E-state index in [0.717, 1.165) is 5.69 Å². The molecule has 1 N–H and O–H groups in total. The minimum Gasteiger partial charge on any atom is -0.446 e. The van der Waals surface area contributed by atoms with Gasteiger partial charge in [-0.15, -0.1) is 0 Å². The summed E-state index contributed by atoms with van der Waals surface area (Å²) < 4.78 is 38.7. The molecule has 1 saturated heterocycles. The van der Waals surface area contributed by atoms with Crippen molar-refractivity contribution in [1.82, 2.24) is 19.7 Å². The molecule has 1 saturated carbocycles. The second-order valence-electron chi connectivity index (χ2n) is 7.81. The molecule has 1 amide bonds. The van der Waals surface area contributed by atoms with Crippen LogP contribution >= 0.6 is 0 Å². The number of alkyl halides is 2. The standard InChI is InChI=1S/C20H23F2N5O4/c1-12-4-8-27(26-12)18-23-15(14-11-30-9-5-16(14)28)10-17(24-18)25-19(29)31-13-2-6-20(21,22)7-3-13/h4,8,10,13-14H,2-3,5-7,9,11H2,1H3,(H,23,24,25,29). The van der Waals surface area contributed by atoms with Gasteiger partial charge >= 0.3 is 6.09 Å². The molecular weight excluding hydrogens is 412 g/mol. The zero-order valence-corrected chi connectivity index (χ0v) is 17.0. The molecule has 0 radical (unpaired) electrons. The van der Waals surface area contributed by atoms with E-state index >= 15 is 0 Å². The van der Waals surface area contributed by atoms with Crippen molar-refractivity contribution in [2.24, 2.45) is 0 Å². The first-order chi connectivity index (χ1) is 14.8. The molecule has 0 aromatic carbocycles. The minimum atomic E-state index is -2.71. The Morgan fingerprint density at radius 2 is 2.10 bits per heavy atom. The highest BCUT2D eigenvalue weighted by molar-refractivity contribution is 5.87. The smallest absolute Gasteiger partial charge is 0.413 e. The van der Waals surface area contributed by atoms with E-state index in [0.29, 0.717) is 12.3 Å². The van der Waals surface area contributed by atoms with Crippen LogP contribution in [-0.4, -0.2) is 56.9 Å². The molecule has 0 bridgehead atoms. The Labute approximate surface area is 177 Å². The van der Waals surface area contributed by atoms with Crippen molar-refractivity contribution in [3.63, 3.8) is 0 Å². The van der Waals surface area contributed by atoms with Gasteiger partial charge in [-0.3, -0.25) is 10.1 Å². The molecule has 2 aromatic heterocycles. The van der Waals surface area contributed by atoms with Crippen molar-refractivity contribution in [2.75, 3.05) is 18.5 Å².